The summed E-state index contributed by atoms with van der Waals surface area (Å²) in [4.78, 5) is 23.8. The van der Waals surface area contributed by atoms with Crippen molar-refractivity contribution in [1.29, 1.82) is 0 Å². The number of rotatable bonds is 3. The molecule has 0 aliphatic carbocycles. The van der Waals surface area contributed by atoms with E-state index in [1.807, 2.05) is 48.5 Å². The Labute approximate surface area is 171 Å². The molecular formula is C21H19N5O2S. The third-order valence-electron chi connectivity index (χ3n) is 4.80. The lowest BCUT2D eigenvalue weighted by atomic mass is 10.2. The molecule has 1 aliphatic heterocycles. The normalized spacial score (nSPS) is 14.3. The number of ether oxygens (including phenoxy) is 1. The van der Waals surface area contributed by atoms with Crippen LogP contribution >= 0.6 is 11.3 Å². The Morgan fingerprint density at radius 1 is 1.07 bits per heavy atom. The van der Waals surface area contributed by atoms with E-state index in [2.05, 4.69) is 20.5 Å². The van der Waals surface area contributed by atoms with Crippen molar-refractivity contribution in [2.75, 3.05) is 41.8 Å². The summed E-state index contributed by atoms with van der Waals surface area (Å²) < 4.78 is 6.45. The first kappa shape index (κ1) is 17.8. The molecule has 2 amide bonds. The van der Waals surface area contributed by atoms with Gasteiger partial charge in [0.25, 0.3) is 0 Å². The van der Waals surface area contributed by atoms with Gasteiger partial charge in [0.05, 0.1) is 34.6 Å². The summed E-state index contributed by atoms with van der Waals surface area (Å²) in [7, 11) is 0. The van der Waals surface area contributed by atoms with Crippen molar-refractivity contribution in [1.82, 2.24) is 9.97 Å². The summed E-state index contributed by atoms with van der Waals surface area (Å²) in [5.41, 5.74) is 3.09. The minimum atomic E-state index is -0.305. The molecule has 0 spiro atoms. The van der Waals surface area contributed by atoms with Crippen molar-refractivity contribution in [2.24, 2.45) is 0 Å². The van der Waals surface area contributed by atoms with Crippen LogP contribution in [-0.4, -0.2) is 42.3 Å². The van der Waals surface area contributed by atoms with Crippen LogP contribution in [0.4, 0.5) is 21.3 Å². The second-order valence-electron chi connectivity index (χ2n) is 6.74. The Balaban J connectivity index is 1.33. The molecule has 0 unspecified atom stereocenters. The lowest BCUT2D eigenvalue weighted by Crippen LogP contribution is -2.36. The molecule has 4 aromatic rings. The molecule has 0 atom stereocenters. The van der Waals surface area contributed by atoms with E-state index in [-0.39, 0.29) is 6.03 Å². The van der Waals surface area contributed by atoms with Crippen LogP contribution in [0.15, 0.2) is 54.7 Å². The Morgan fingerprint density at radius 3 is 2.83 bits per heavy atom. The minimum absolute atomic E-state index is 0.305. The first-order valence-electron chi connectivity index (χ1n) is 9.41. The van der Waals surface area contributed by atoms with Crippen molar-refractivity contribution < 1.29 is 9.53 Å². The quantitative estimate of drug-likeness (QED) is 0.531. The summed E-state index contributed by atoms with van der Waals surface area (Å²) >= 11 is 1.63. The summed E-state index contributed by atoms with van der Waals surface area (Å²) in [6.07, 6.45) is 1.72. The number of nitrogens with one attached hydrogen (secondary N) is 2. The average Bonchev–Trinajstić information content (AvgIpc) is 3.18. The van der Waals surface area contributed by atoms with Crippen LogP contribution in [-0.2, 0) is 4.74 Å². The lowest BCUT2D eigenvalue weighted by molar-refractivity contribution is 0.122. The standard InChI is InChI=1S/C21H19N5O2S/c27-20(24-17-5-1-3-14-4-2-8-22-19(14)17)23-15-6-7-16-18(13-15)29-21(25-16)26-9-11-28-12-10-26/h1-8,13H,9-12H2,(H2,23,24,27). The van der Waals surface area contributed by atoms with Crippen LogP contribution in [0.2, 0.25) is 0 Å². The molecule has 1 saturated heterocycles. The van der Waals surface area contributed by atoms with Crippen LogP contribution in [0.25, 0.3) is 21.1 Å². The molecule has 1 fully saturated rings. The van der Waals surface area contributed by atoms with E-state index in [4.69, 9.17) is 9.72 Å². The second-order valence-corrected chi connectivity index (χ2v) is 7.75. The number of hydrogen-bond donors (Lipinski definition) is 2. The Bertz CT molecular complexity index is 1180. The molecule has 2 aromatic heterocycles. The SMILES string of the molecule is O=C(Nc1ccc2nc(N3CCOCC3)sc2c1)Nc1cccc2cccnc12. The van der Waals surface area contributed by atoms with Gasteiger partial charge in [0, 0.05) is 30.4 Å². The highest BCUT2D eigenvalue weighted by molar-refractivity contribution is 7.22. The highest BCUT2D eigenvalue weighted by Crippen LogP contribution is 2.31. The van der Waals surface area contributed by atoms with Crippen LogP contribution in [0, 0.1) is 0 Å². The molecule has 0 bridgehead atoms. The maximum Gasteiger partial charge on any atom is 0.323 e. The van der Waals surface area contributed by atoms with Gasteiger partial charge in [0.2, 0.25) is 0 Å². The largest absolute Gasteiger partial charge is 0.378 e. The Morgan fingerprint density at radius 2 is 1.93 bits per heavy atom. The number of para-hydroxylation sites is 1. The first-order chi connectivity index (χ1) is 14.3. The van der Waals surface area contributed by atoms with Crippen molar-refractivity contribution in [3.63, 3.8) is 0 Å². The molecule has 2 N–H and O–H groups in total. The molecule has 1 aliphatic rings. The number of benzene rings is 2. The highest BCUT2D eigenvalue weighted by atomic mass is 32.1. The molecule has 29 heavy (non-hydrogen) atoms. The number of fused-ring (bicyclic) bond motifs is 2. The number of aromatic nitrogens is 2. The van der Waals surface area contributed by atoms with Crippen molar-refractivity contribution >= 4 is 55.0 Å². The van der Waals surface area contributed by atoms with Crippen molar-refractivity contribution in [2.45, 2.75) is 0 Å². The molecule has 5 rings (SSSR count). The van der Waals surface area contributed by atoms with Gasteiger partial charge in [0.1, 0.15) is 0 Å². The van der Waals surface area contributed by atoms with Gasteiger partial charge in [-0.15, -0.1) is 0 Å². The number of pyridine rings is 1. The minimum Gasteiger partial charge on any atom is -0.378 e. The Kier molecular flexibility index (Phi) is 4.71. The number of hydrogen-bond acceptors (Lipinski definition) is 6. The third-order valence-corrected chi connectivity index (χ3v) is 5.88. The summed E-state index contributed by atoms with van der Waals surface area (Å²) in [6.45, 7) is 3.16. The predicted octanol–water partition coefficient (Wildman–Crippen LogP) is 4.33. The van der Waals surface area contributed by atoms with Crippen LogP contribution in [0.5, 0.6) is 0 Å². The maximum atomic E-state index is 12.5. The van der Waals surface area contributed by atoms with E-state index in [1.54, 1.807) is 17.5 Å². The van der Waals surface area contributed by atoms with Gasteiger partial charge in [-0.3, -0.25) is 4.98 Å². The van der Waals surface area contributed by atoms with Gasteiger partial charge >= 0.3 is 6.03 Å². The van der Waals surface area contributed by atoms with E-state index >= 15 is 0 Å². The van der Waals surface area contributed by atoms with Crippen molar-refractivity contribution in [3.05, 3.63) is 54.7 Å². The number of carbonyl (C=O) groups excluding carboxylic acids is 1. The van der Waals surface area contributed by atoms with E-state index in [1.165, 1.54) is 0 Å². The van der Waals surface area contributed by atoms with E-state index in [0.29, 0.717) is 5.69 Å². The van der Waals surface area contributed by atoms with E-state index in [9.17, 15) is 4.79 Å². The average molecular weight is 405 g/mol. The molecular weight excluding hydrogens is 386 g/mol. The third kappa shape index (κ3) is 3.72. The fourth-order valence-electron chi connectivity index (χ4n) is 3.37. The van der Waals surface area contributed by atoms with E-state index < -0.39 is 0 Å². The maximum absolute atomic E-state index is 12.5. The fourth-order valence-corrected chi connectivity index (χ4v) is 4.43. The van der Waals surface area contributed by atoms with Crippen LogP contribution < -0.4 is 15.5 Å². The predicted molar refractivity (Wildman–Crippen MR) is 117 cm³/mol. The number of amides is 2. The fraction of sp³-hybridized carbons (Fsp3) is 0.190. The van der Waals surface area contributed by atoms with Gasteiger partial charge in [-0.25, -0.2) is 9.78 Å². The van der Waals surface area contributed by atoms with Gasteiger partial charge < -0.3 is 20.3 Å². The van der Waals surface area contributed by atoms with Crippen LogP contribution in [0.1, 0.15) is 0 Å². The molecule has 3 heterocycles. The molecule has 0 saturated carbocycles. The summed E-state index contributed by atoms with van der Waals surface area (Å²) in [5.74, 6) is 0. The molecule has 146 valence electrons. The number of nitrogens with zero attached hydrogens (tertiary/aromatic N) is 3. The monoisotopic (exact) mass is 405 g/mol. The summed E-state index contributed by atoms with van der Waals surface area (Å²) in [5, 5.41) is 7.77. The number of thiazole rings is 1. The zero-order valence-corrected chi connectivity index (χ0v) is 16.4. The summed E-state index contributed by atoms with van der Waals surface area (Å²) in [6, 6.07) is 15.0. The smallest absolute Gasteiger partial charge is 0.323 e. The number of urea groups is 1. The first-order valence-corrected chi connectivity index (χ1v) is 10.2. The van der Waals surface area contributed by atoms with E-state index in [0.717, 1.165) is 58.2 Å². The number of carbonyl (C=O) groups is 1. The molecule has 7 nitrogen and oxygen atoms in total. The van der Waals surface area contributed by atoms with Crippen molar-refractivity contribution in [3.8, 4) is 0 Å². The molecule has 2 aromatic carbocycles. The van der Waals surface area contributed by atoms with Gasteiger partial charge in [-0.05, 0) is 30.3 Å². The second kappa shape index (κ2) is 7.65. The number of anilines is 3. The van der Waals surface area contributed by atoms with Crippen LogP contribution in [0.3, 0.4) is 0 Å². The van der Waals surface area contributed by atoms with Gasteiger partial charge in [-0.2, -0.15) is 0 Å². The zero-order valence-electron chi connectivity index (χ0n) is 15.6. The molecule has 0 radical (unpaired) electrons. The number of morpholine rings is 1. The lowest BCUT2D eigenvalue weighted by Gasteiger charge is -2.25. The Hall–Kier alpha value is -3.23. The zero-order chi connectivity index (χ0) is 19.6. The molecule has 8 heteroatoms. The highest BCUT2D eigenvalue weighted by Gasteiger charge is 2.16. The van der Waals surface area contributed by atoms with Gasteiger partial charge in [0.15, 0.2) is 5.13 Å². The van der Waals surface area contributed by atoms with Gasteiger partial charge in [-0.1, -0.05) is 29.5 Å². The topological polar surface area (TPSA) is 79.4 Å².